The fraction of sp³-hybridized carbons (Fsp3) is 0.417. The minimum Gasteiger partial charge on any atom is -0.496 e. The summed E-state index contributed by atoms with van der Waals surface area (Å²) in [5.74, 6) is 1.72. The molecule has 2 aromatic rings. The van der Waals surface area contributed by atoms with Crippen LogP contribution in [0.5, 0.6) is 5.75 Å². The van der Waals surface area contributed by atoms with Gasteiger partial charge in [-0.1, -0.05) is 76.6 Å². The van der Waals surface area contributed by atoms with Crippen LogP contribution in [0.4, 0.5) is 0 Å². The maximum Gasteiger partial charge on any atom is 0.130 e. The van der Waals surface area contributed by atoms with Gasteiger partial charge in [-0.3, -0.25) is 0 Å². The van der Waals surface area contributed by atoms with E-state index >= 15 is 0 Å². The molecule has 0 amide bonds. The third-order valence-electron chi connectivity index (χ3n) is 4.93. The summed E-state index contributed by atoms with van der Waals surface area (Å²) in [5.41, 5.74) is 8.19. The van der Waals surface area contributed by atoms with Crippen molar-refractivity contribution in [2.45, 2.75) is 52.9 Å². The molecule has 0 fully saturated rings. The lowest BCUT2D eigenvalue weighted by Gasteiger charge is -2.26. The number of ether oxygens (including phenoxy) is 1. The minimum atomic E-state index is 0.0402. The second kappa shape index (κ2) is 6.71. The van der Waals surface area contributed by atoms with Gasteiger partial charge in [-0.05, 0) is 46.9 Å². The molecule has 0 saturated heterocycles. The van der Waals surface area contributed by atoms with Crippen LogP contribution in [0.15, 0.2) is 42.0 Å². The van der Waals surface area contributed by atoms with E-state index < -0.39 is 0 Å². The van der Waals surface area contributed by atoms with E-state index in [4.69, 9.17) is 4.74 Å². The molecule has 0 aliphatic heterocycles. The smallest absolute Gasteiger partial charge is 0.130 e. The fourth-order valence-electron chi connectivity index (χ4n) is 3.88. The molecule has 1 aliphatic rings. The van der Waals surface area contributed by atoms with Crippen LogP contribution < -0.4 is 4.74 Å². The summed E-state index contributed by atoms with van der Waals surface area (Å²) >= 11 is 0. The maximum absolute atomic E-state index is 5.98. The van der Waals surface area contributed by atoms with Crippen LogP contribution in [-0.4, -0.2) is 7.11 Å². The third-order valence-corrected chi connectivity index (χ3v) is 4.93. The van der Waals surface area contributed by atoms with E-state index in [1.165, 1.54) is 33.4 Å². The summed E-state index contributed by atoms with van der Waals surface area (Å²) in [6, 6.07) is 13.1. The van der Waals surface area contributed by atoms with Gasteiger partial charge in [0, 0.05) is 11.1 Å². The topological polar surface area (TPSA) is 9.23 Å². The van der Waals surface area contributed by atoms with Crippen molar-refractivity contribution in [1.29, 1.82) is 0 Å². The molecule has 1 nitrogen and oxygen atoms in total. The van der Waals surface area contributed by atoms with E-state index in [-0.39, 0.29) is 5.41 Å². The first-order valence-electron chi connectivity index (χ1n) is 9.30. The van der Waals surface area contributed by atoms with Gasteiger partial charge in [-0.15, -0.1) is 0 Å². The Morgan fingerprint density at radius 2 is 1.76 bits per heavy atom. The first-order valence-corrected chi connectivity index (χ1v) is 9.30. The van der Waals surface area contributed by atoms with Crippen LogP contribution in [0.3, 0.4) is 0 Å². The van der Waals surface area contributed by atoms with Gasteiger partial charge >= 0.3 is 0 Å². The van der Waals surface area contributed by atoms with Gasteiger partial charge in [0.1, 0.15) is 5.75 Å². The summed E-state index contributed by atoms with van der Waals surface area (Å²) in [7, 11) is 1.81. The maximum atomic E-state index is 5.98. The van der Waals surface area contributed by atoms with Crippen LogP contribution in [-0.2, 0) is 11.8 Å². The van der Waals surface area contributed by atoms with Crippen molar-refractivity contribution >= 4 is 6.08 Å². The van der Waals surface area contributed by atoms with Crippen molar-refractivity contribution in [3.63, 3.8) is 0 Å². The Kier molecular flexibility index (Phi) is 4.77. The molecule has 0 saturated carbocycles. The van der Waals surface area contributed by atoms with Gasteiger partial charge in [0.05, 0.1) is 7.11 Å². The SMILES string of the molecule is COc1c(C(C)(C)C)cc2c(c1-c1ccccc1)CC(CC(C)C)=C2. The zero-order valence-electron chi connectivity index (χ0n) is 16.4. The zero-order chi connectivity index (χ0) is 18.2. The lowest BCUT2D eigenvalue weighted by molar-refractivity contribution is 0.399. The van der Waals surface area contributed by atoms with Crippen molar-refractivity contribution in [3.8, 4) is 16.9 Å². The molecule has 0 unspecified atom stereocenters. The van der Waals surface area contributed by atoms with E-state index in [0.29, 0.717) is 5.92 Å². The summed E-state index contributed by atoms with van der Waals surface area (Å²) in [6.07, 6.45) is 4.62. The van der Waals surface area contributed by atoms with Crippen molar-refractivity contribution in [2.24, 2.45) is 5.92 Å². The first kappa shape index (κ1) is 17.8. The predicted molar refractivity (Wildman–Crippen MR) is 108 cm³/mol. The van der Waals surface area contributed by atoms with E-state index in [1.54, 1.807) is 7.11 Å². The van der Waals surface area contributed by atoms with E-state index in [2.05, 4.69) is 77.1 Å². The van der Waals surface area contributed by atoms with E-state index in [0.717, 1.165) is 18.6 Å². The standard InChI is InChI=1S/C24H30O/c1-16(2)12-17-13-19-15-21(24(3,4)5)23(25-6)22(20(19)14-17)18-10-8-7-9-11-18/h7-11,13,15-16H,12,14H2,1-6H3. The largest absolute Gasteiger partial charge is 0.496 e. The highest BCUT2D eigenvalue weighted by Gasteiger charge is 2.28. The molecule has 132 valence electrons. The molecular weight excluding hydrogens is 304 g/mol. The average Bonchev–Trinajstić information content (AvgIpc) is 2.94. The number of hydrogen-bond acceptors (Lipinski definition) is 1. The van der Waals surface area contributed by atoms with Gasteiger partial charge in [-0.2, -0.15) is 0 Å². The number of hydrogen-bond donors (Lipinski definition) is 0. The zero-order valence-corrected chi connectivity index (χ0v) is 16.4. The molecule has 0 spiro atoms. The Bertz CT molecular complexity index is 789. The number of benzene rings is 2. The first-order chi connectivity index (χ1) is 11.8. The van der Waals surface area contributed by atoms with Crippen molar-refractivity contribution in [3.05, 3.63) is 58.7 Å². The number of methoxy groups -OCH3 is 1. The van der Waals surface area contributed by atoms with Crippen LogP contribution >= 0.6 is 0 Å². The molecule has 1 heteroatoms. The molecule has 3 rings (SSSR count). The molecule has 25 heavy (non-hydrogen) atoms. The highest BCUT2D eigenvalue weighted by Crippen LogP contribution is 2.46. The summed E-state index contributed by atoms with van der Waals surface area (Å²) in [4.78, 5) is 0. The second-order valence-corrected chi connectivity index (χ2v) is 8.59. The summed E-state index contributed by atoms with van der Waals surface area (Å²) in [6.45, 7) is 11.4. The highest BCUT2D eigenvalue weighted by atomic mass is 16.5. The lowest BCUT2D eigenvalue weighted by atomic mass is 9.81. The lowest BCUT2D eigenvalue weighted by Crippen LogP contribution is -2.14. The molecule has 1 aliphatic carbocycles. The van der Waals surface area contributed by atoms with Crippen LogP contribution in [0.1, 0.15) is 57.7 Å². The van der Waals surface area contributed by atoms with Gasteiger partial charge in [-0.25, -0.2) is 0 Å². The van der Waals surface area contributed by atoms with Crippen molar-refractivity contribution in [1.82, 2.24) is 0 Å². The number of allylic oxidation sites excluding steroid dienone is 1. The molecule has 0 bridgehead atoms. The van der Waals surface area contributed by atoms with Gasteiger partial charge in [0.15, 0.2) is 0 Å². The average molecular weight is 335 g/mol. The van der Waals surface area contributed by atoms with Gasteiger partial charge < -0.3 is 4.74 Å². The van der Waals surface area contributed by atoms with Gasteiger partial charge in [0.25, 0.3) is 0 Å². The summed E-state index contributed by atoms with van der Waals surface area (Å²) in [5, 5.41) is 0. The Morgan fingerprint density at radius 3 is 2.32 bits per heavy atom. The molecule has 2 aromatic carbocycles. The van der Waals surface area contributed by atoms with Crippen molar-refractivity contribution in [2.75, 3.05) is 7.11 Å². The Balaban J connectivity index is 2.24. The molecule has 0 N–H and O–H groups in total. The third kappa shape index (κ3) is 3.51. The molecule has 0 radical (unpaired) electrons. The predicted octanol–water partition coefficient (Wildman–Crippen LogP) is 6.65. The molecule has 0 heterocycles. The normalized spacial score (nSPS) is 13.8. The summed E-state index contributed by atoms with van der Waals surface area (Å²) < 4.78 is 5.98. The number of rotatable bonds is 4. The quantitative estimate of drug-likeness (QED) is 0.608. The fourth-order valence-corrected chi connectivity index (χ4v) is 3.88. The Hall–Kier alpha value is -2.02. The van der Waals surface area contributed by atoms with Crippen LogP contribution in [0.2, 0.25) is 0 Å². The van der Waals surface area contributed by atoms with Gasteiger partial charge in [0.2, 0.25) is 0 Å². The van der Waals surface area contributed by atoms with Crippen LogP contribution in [0, 0.1) is 5.92 Å². The van der Waals surface area contributed by atoms with Crippen molar-refractivity contribution < 1.29 is 4.74 Å². The number of fused-ring (bicyclic) bond motifs is 1. The minimum absolute atomic E-state index is 0.0402. The van der Waals surface area contributed by atoms with E-state index in [9.17, 15) is 0 Å². The second-order valence-electron chi connectivity index (χ2n) is 8.59. The Labute approximate surface area is 152 Å². The molecule has 0 atom stereocenters. The van der Waals surface area contributed by atoms with E-state index in [1.807, 2.05) is 0 Å². The molecular formula is C24H30O. The Morgan fingerprint density at radius 1 is 1.08 bits per heavy atom. The highest BCUT2D eigenvalue weighted by molar-refractivity contribution is 5.83. The van der Waals surface area contributed by atoms with Crippen LogP contribution in [0.25, 0.3) is 17.2 Å². The molecule has 0 aromatic heterocycles. The monoisotopic (exact) mass is 334 g/mol.